The Morgan fingerprint density at radius 3 is 2.10 bits per heavy atom. The SMILES string of the molecule is CCOC(=O)c1ccc(C2C(C(=O)c3cccs3)C2c2ccc([N+](=O)[O-])cc2)cc1. The minimum absolute atomic E-state index is 0.0240. The zero-order chi connectivity index (χ0) is 21.3. The highest BCUT2D eigenvalue weighted by atomic mass is 32.1. The van der Waals surface area contributed by atoms with Crippen LogP contribution in [0.1, 0.15) is 49.9 Å². The molecule has 2 aromatic carbocycles. The molecule has 7 heteroatoms. The highest BCUT2D eigenvalue weighted by Crippen LogP contribution is 2.61. The van der Waals surface area contributed by atoms with E-state index in [0.29, 0.717) is 17.0 Å². The van der Waals surface area contributed by atoms with Gasteiger partial charge in [-0.1, -0.05) is 30.3 Å². The van der Waals surface area contributed by atoms with E-state index in [2.05, 4.69) is 0 Å². The number of Topliss-reactive ketones (excluding diaryl/α,β-unsaturated/α-hetero) is 1. The van der Waals surface area contributed by atoms with Crippen molar-refractivity contribution >= 4 is 28.8 Å². The third kappa shape index (κ3) is 3.76. The molecule has 1 heterocycles. The van der Waals surface area contributed by atoms with E-state index in [-0.39, 0.29) is 35.2 Å². The van der Waals surface area contributed by atoms with Gasteiger partial charge in [0.05, 0.1) is 22.0 Å². The van der Waals surface area contributed by atoms with Crippen molar-refractivity contribution in [2.75, 3.05) is 6.61 Å². The first-order valence-electron chi connectivity index (χ1n) is 9.60. The quantitative estimate of drug-likeness (QED) is 0.226. The molecule has 0 aliphatic heterocycles. The van der Waals surface area contributed by atoms with Crippen molar-refractivity contribution < 1.29 is 19.2 Å². The van der Waals surface area contributed by atoms with Gasteiger partial charge in [0.25, 0.3) is 5.69 Å². The van der Waals surface area contributed by atoms with Crippen LogP contribution < -0.4 is 0 Å². The van der Waals surface area contributed by atoms with E-state index in [1.54, 1.807) is 31.2 Å². The van der Waals surface area contributed by atoms with Crippen molar-refractivity contribution in [1.29, 1.82) is 0 Å². The Hall–Kier alpha value is -3.32. The molecular weight excluding hydrogens is 402 g/mol. The molecule has 0 spiro atoms. The van der Waals surface area contributed by atoms with E-state index in [1.165, 1.54) is 23.5 Å². The van der Waals surface area contributed by atoms with Crippen molar-refractivity contribution in [1.82, 2.24) is 0 Å². The number of benzene rings is 2. The Bertz CT molecular complexity index is 1070. The van der Waals surface area contributed by atoms with Gasteiger partial charge in [-0.25, -0.2) is 4.79 Å². The van der Waals surface area contributed by atoms with E-state index >= 15 is 0 Å². The van der Waals surface area contributed by atoms with Crippen molar-refractivity contribution in [2.45, 2.75) is 18.8 Å². The molecule has 1 aromatic heterocycles. The zero-order valence-corrected chi connectivity index (χ0v) is 17.0. The fraction of sp³-hybridized carbons (Fsp3) is 0.217. The van der Waals surface area contributed by atoms with Gasteiger partial charge in [0, 0.05) is 29.9 Å². The number of ketones is 1. The Kier molecular flexibility index (Phi) is 5.46. The summed E-state index contributed by atoms with van der Waals surface area (Å²) in [5, 5.41) is 12.8. The second kappa shape index (κ2) is 8.20. The van der Waals surface area contributed by atoms with Gasteiger partial charge in [0.1, 0.15) is 0 Å². The zero-order valence-electron chi connectivity index (χ0n) is 16.2. The van der Waals surface area contributed by atoms with E-state index < -0.39 is 4.92 Å². The minimum atomic E-state index is -0.434. The average molecular weight is 421 g/mol. The molecule has 0 radical (unpaired) electrons. The summed E-state index contributed by atoms with van der Waals surface area (Å²) in [6.07, 6.45) is 0. The summed E-state index contributed by atoms with van der Waals surface area (Å²) < 4.78 is 5.03. The van der Waals surface area contributed by atoms with Gasteiger partial charge in [-0.2, -0.15) is 0 Å². The summed E-state index contributed by atoms with van der Waals surface area (Å²) in [6, 6.07) is 17.2. The van der Waals surface area contributed by atoms with E-state index in [4.69, 9.17) is 4.74 Å². The van der Waals surface area contributed by atoms with Crippen molar-refractivity contribution in [3.63, 3.8) is 0 Å². The summed E-state index contributed by atoms with van der Waals surface area (Å²) in [5.41, 5.74) is 2.35. The summed E-state index contributed by atoms with van der Waals surface area (Å²) in [5.74, 6) is -0.643. The summed E-state index contributed by atoms with van der Waals surface area (Å²) in [4.78, 5) is 36.2. The number of carbonyl (C=O) groups is 2. The Labute approximate surface area is 177 Å². The monoisotopic (exact) mass is 421 g/mol. The third-order valence-corrected chi connectivity index (χ3v) is 6.27. The lowest BCUT2D eigenvalue weighted by atomic mass is 10.0. The van der Waals surface area contributed by atoms with Crippen LogP contribution in [0.3, 0.4) is 0 Å². The fourth-order valence-electron chi connectivity index (χ4n) is 3.92. The standard InChI is InChI=1S/C23H19NO5S/c1-2-29-23(26)16-7-5-14(6-8-16)19-20(15-9-11-17(12-10-15)24(27)28)21(19)22(25)18-4-3-13-30-18/h3-13,19-21H,2H2,1H3. The lowest BCUT2D eigenvalue weighted by Crippen LogP contribution is -2.04. The normalized spacial score (nSPS) is 19.8. The molecule has 0 amide bonds. The molecule has 152 valence electrons. The third-order valence-electron chi connectivity index (χ3n) is 5.38. The van der Waals surface area contributed by atoms with Crippen molar-refractivity contribution in [3.8, 4) is 0 Å². The fourth-order valence-corrected chi connectivity index (χ4v) is 4.64. The van der Waals surface area contributed by atoms with Crippen LogP contribution in [-0.2, 0) is 4.74 Å². The molecule has 3 unspecified atom stereocenters. The largest absolute Gasteiger partial charge is 0.462 e. The lowest BCUT2D eigenvalue weighted by molar-refractivity contribution is -0.384. The van der Waals surface area contributed by atoms with Crippen molar-refractivity contribution in [3.05, 3.63) is 97.7 Å². The first-order chi connectivity index (χ1) is 14.5. The van der Waals surface area contributed by atoms with Gasteiger partial charge in [0.2, 0.25) is 0 Å². The van der Waals surface area contributed by atoms with Crippen molar-refractivity contribution in [2.24, 2.45) is 5.92 Å². The number of carbonyl (C=O) groups excluding carboxylic acids is 2. The first-order valence-corrected chi connectivity index (χ1v) is 10.5. The predicted molar refractivity (Wildman–Crippen MR) is 113 cm³/mol. The van der Waals surface area contributed by atoms with E-state index in [0.717, 1.165) is 11.1 Å². The van der Waals surface area contributed by atoms with Gasteiger partial charge < -0.3 is 4.74 Å². The molecule has 6 nitrogen and oxygen atoms in total. The van der Waals surface area contributed by atoms with Crippen LogP contribution in [0.15, 0.2) is 66.0 Å². The molecule has 1 saturated carbocycles. The molecule has 0 bridgehead atoms. The number of rotatable bonds is 7. The van der Waals surface area contributed by atoms with Crippen LogP contribution in [0.25, 0.3) is 0 Å². The maximum Gasteiger partial charge on any atom is 0.338 e. The number of esters is 1. The Balaban J connectivity index is 1.64. The van der Waals surface area contributed by atoms with Crippen LogP contribution >= 0.6 is 11.3 Å². The minimum Gasteiger partial charge on any atom is -0.462 e. The lowest BCUT2D eigenvalue weighted by Gasteiger charge is -2.04. The van der Waals surface area contributed by atoms with Gasteiger partial charge in [-0.15, -0.1) is 11.3 Å². The average Bonchev–Trinajstić information content (AvgIpc) is 3.25. The van der Waals surface area contributed by atoms with Crippen LogP contribution in [0.5, 0.6) is 0 Å². The highest BCUT2D eigenvalue weighted by molar-refractivity contribution is 7.12. The van der Waals surface area contributed by atoms with E-state index in [1.807, 2.05) is 29.6 Å². The maximum absolute atomic E-state index is 13.1. The second-order valence-corrected chi connectivity index (χ2v) is 8.06. The maximum atomic E-state index is 13.1. The molecule has 3 atom stereocenters. The first kappa shape index (κ1) is 20.0. The van der Waals surface area contributed by atoms with Gasteiger partial charge in [0.15, 0.2) is 5.78 Å². The van der Waals surface area contributed by atoms with Gasteiger partial charge in [-0.05, 0) is 41.6 Å². The van der Waals surface area contributed by atoms with Gasteiger partial charge in [-0.3, -0.25) is 14.9 Å². The molecule has 3 aromatic rings. The number of hydrogen-bond donors (Lipinski definition) is 0. The van der Waals surface area contributed by atoms with E-state index in [9.17, 15) is 19.7 Å². The topological polar surface area (TPSA) is 86.5 Å². The summed E-state index contributed by atoms with van der Waals surface area (Å²) in [7, 11) is 0. The molecule has 1 aliphatic carbocycles. The highest BCUT2D eigenvalue weighted by Gasteiger charge is 2.56. The summed E-state index contributed by atoms with van der Waals surface area (Å²) in [6.45, 7) is 2.06. The molecule has 1 aliphatic rings. The number of non-ortho nitro benzene ring substituents is 1. The van der Waals surface area contributed by atoms with Crippen LogP contribution in [0.2, 0.25) is 0 Å². The Morgan fingerprint density at radius 2 is 1.60 bits per heavy atom. The molecule has 4 rings (SSSR count). The molecular formula is C23H19NO5S. The number of nitro groups is 1. The number of nitrogens with zero attached hydrogens (tertiary/aromatic N) is 1. The van der Waals surface area contributed by atoms with Crippen LogP contribution in [0, 0.1) is 16.0 Å². The molecule has 0 N–H and O–H groups in total. The predicted octanol–water partition coefficient (Wildman–Crippen LogP) is 5.21. The number of ether oxygens (including phenoxy) is 1. The smallest absolute Gasteiger partial charge is 0.338 e. The van der Waals surface area contributed by atoms with Crippen LogP contribution in [-0.4, -0.2) is 23.3 Å². The molecule has 1 fully saturated rings. The summed E-state index contributed by atoms with van der Waals surface area (Å²) >= 11 is 1.41. The molecule has 30 heavy (non-hydrogen) atoms. The Morgan fingerprint density at radius 1 is 1.00 bits per heavy atom. The number of hydrogen-bond acceptors (Lipinski definition) is 6. The van der Waals surface area contributed by atoms with Gasteiger partial charge >= 0.3 is 5.97 Å². The number of thiophene rings is 1. The number of nitro benzene ring substituents is 1. The van der Waals surface area contributed by atoms with Crippen LogP contribution in [0.4, 0.5) is 5.69 Å². The molecule has 0 saturated heterocycles. The second-order valence-electron chi connectivity index (χ2n) is 7.11.